The van der Waals surface area contributed by atoms with Crippen LogP contribution in [0.2, 0.25) is 0 Å². The molecular formula is C12H20NO5P. The van der Waals surface area contributed by atoms with Crippen molar-refractivity contribution in [3.05, 3.63) is 23.4 Å². The maximum atomic E-state index is 10.7. The fourth-order valence-corrected chi connectivity index (χ4v) is 2.74. The second-order valence-corrected chi connectivity index (χ2v) is 6.18. The van der Waals surface area contributed by atoms with Crippen molar-refractivity contribution in [1.82, 2.24) is 5.06 Å². The topological polar surface area (TPSA) is 79.2 Å². The van der Waals surface area contributed by atoms with Gasteiger partial charge in [-0.25, -0.2) is 9.63 Å². The van der Waals surface area contributed by atoms with Gasteiger partial charge in [0.1, 0.15) is 0 Å². The maximum Gasteiger partial charge on any atom is 0.498 e. The second-order valence-electron chi connectivity index (χ2n) is 5.05. The zero-order valence-corrected chi connectivity index (χ0v) is 11.9. The van der Waals surface area contributed by atoms with E-state index in [2.05, 4.69) is 4.67 Å². The molecule has 2 aliphatic rings. The van der Waals surface area contributed by atoms with Crippen LogP contribution < -0.4 is 0 Å². The van der Waals surface area contributed by atoms with Crippen LogP contribution in [0.15, 0.2) is 23.4 Å². The van der Waals surface area contributed by atoms with Gasteiger partial charge in [-0.3, -0.25) is 0 Å². The van der Waals surface area contributed by atoms with Gasteiger partial charge >= 0.3 is 7.82 Å². The number of hydroxylamine groups is 2. The van der Waals surface area contributed by atoms with Gasteiger partial charge in [-0.05, 0) is 25.8 Å². The third-order valence-electron chi connectivity index (χ3n) is 3.49. The van der Waals surface area contributed by atoms with Gasteiger partial charge in [-0.2, -0.15) is 0 Å². The molecule has 1 fully saturated rings. The van der Waals surface area contributed by atoms with Crippen molar-refractivity contribution in [2.45, 2.75) is 39.0 Å². The van der Waals surface area contributed by atoms with Crippen LogP contribution in [0.25, 0.3) is 0 Å². The second kappa shape index (κ2) is 6.20. The van der Waals surface area contributed by atoms with Crippen molar-refractivity contribution < 1.29 is 24.0 Å². The molecule has 1 saturated carbocycles. The Morgan fingerprint density at radius 2 is 2.00 bits per heavy atom. The molecule has 2 rings (SSSR count). The van der Waals surface area contributed by atoms with Crippen molar-refractivity contribution in [3.8, 4) is 0 Å². The molecule has 108 valence electrons. The molecule has 0 atom stereocenters. The first-order valence-corrected chi connectivity index (χ1v) is 8.06. The molecule has 0 aromatic rings. The van der Waals surface area contributed by atoms with Gasteiger partial charge < -0.3 is 9.79 Å². The van der Waals surface area contributed by atoms with Gasteiger partial charge in [0.15, 0.2) is 0 Å². The number of nitrogens with zero attached hydrogens (tertiary/aromatic N) is 1. The van der Waals surface area contributed by atoms with E-state index in [4.69, 9.17) is 14.8 Å². The number of rotatable bonds is 4. The summed E-state index contributed by atoms with van der Waals surface area (Å²) in [6.45, 7) is 2.44. The molecule has 1 heterocycles. The van der Waals surface area contributed by atoms with E-state index in [1.807, 2.05) is 19.1 Å². The Bertz CT molecular complexity index is 422. The van der Waals surface area contributed by atoms with E-state index in [1.54, 1.807) is 0 Å². The monoisotopic (exact) mass is 289 g/mol. The summed E-state index contributed by atoms with van der Waals surface area (Å²) in [4.78, 5) is 22.2. The van der Waals surface area contributed by atoms with Gasteiger partial charge in [0.25, 0.3) is 0 Å². The van der Waals surface area contributed by atoms with Crippen LogP contribution in [0.5, 0.6) is 0 Å². The minimum absolute atomic E-state index is 0.373. The zero-order chi connectivity index (χ0) is 13.9. The third-order valence-corrected chi connectivity index (χ3v) is 3.75. The molecular weight excluding hydrogens is 269 g/mol. The van der Waals surface area contributed by atoms with Crippen LogP contribution in [-0.2, 0) is 14.2 Å². The molecule has 0 aromatic carbocycles. The van der Waals surface area contributed by atoms with E-state index in [-0.39, 0.29) is 0 Å². The highest BCUT2D eigenvalue weighted by molar-refractivity contribution is 7.46. The fraction of sp³-hybridized carbons (Fsp3) is 0.667. The maximum absolute atomic E-state index is 10.7. The van der Waals surface area contributed by atoms with E-state index in [0.717, 1.165) is 24.1 Å². The van der Waals surface area contributed by atoms with Crippen LogP contribution in [0.4, 0.5) is 0 Å². The molecule has 2 N–H and O–H groups in total. The number of allylic oxidation sites excluding steroid dienone is 3. The molecule has 0 saturated heterocycles. The lowest BCUT2D eigenvalue weighted by Gasteiger charge is -2.33. The summed E-state index contributed by atoms with van der Waals surface area (Å²) in [6, 6.07) is 0. The Hall–Kier alpha value is -0.650. The Labute approximate surface area is 112 Å². The lowest BCUT2D eigenvalue weighted by molar-refractivity contribution is -0.362. The molecule has 19 heavy (non-hydrogen) atoms. The zero-order valence-electron chi connectivity index (χ0n) is 11.0. The summed E-state index contributed by atoms with van der Waals surface area (Å²) in [7, 11) is -4.63. The summed E-state index contributed by atoms with van der Waals surface area (Å²) in [5.41, 5.74) is 2.09. The average Bonchev–Trinajstić information content (AvgIpc) is 2.37. The molecule has 0 radical (unpaired) electrons. The first-order valence-electron chi connectivity index (χ1n) is 6.53. The van der Waals surface area contributed by atoms with Crippen molar-refractivity contribution in [1.29, 1.82) is 0 Å². The highest BCUT2D eigenvalue weighted by atomic mass is 31.2. The Balaban J connectivity index is 2.05. The van der Waals surface area contributed by atoms with E-state index in [0.29, 0.717) is 12.5 Å². The number of hydrogen-bond donors (Lipinski definition) is 2. The quantitative estimate of drug-likeness (QED) is 0.470. The van der Waals surface area contributed by atoms with Gasteiger partial charge in [0, 0.05) is 11.6 Å². The molecule has 0 unspecified atom stereocenters. The Morgan fingerprint density at radius 1 is 1.32 bits per heavy atom. The highest BCUT2D eigenvalue weighted by Gasteiger charge is 2.27. The SMILES string of the molecule is CC1=CCN(OOP(=O)(O)O)C(C2CCCCC2)=C1. The van der Waals surface area contributed by atoms with Gasteiger partial charge in [-0.1, -0.05) is 30.9 Å². The summed E-state index contributed by atoms with van der Waals surface area (Å²) in [6.07, 6.45) is 9.69. The van der Waals surface area contributed by atoms with E-state index in [1.165, 1.54) is 24.3 Å². The molecule has 0 spiro atoms. The highest BCUT2D eigenvalue weighted by Crippen LogP contribution is 2.39. The van der Waals surface area contributed by atoms with Crippen LogP contribution in [0.3, 0.4) is 0 Å². The Kier molecular flexibility index (Phi) is 4.81. The summed E-state index contributed by atoms with van der Waals surface area (Å²) in [5.74, 6) is 0.373. The molecule has 0 bridgehead atoms. The lowest BCUT2D eigenvalue weighted by atomic mass is 9.85. The van der Waals surface area contributed by atoms with Gasteiger partial charge in [0.05, 0.1) is 6.54 Å². The first kappa shape index (κ1) is 14.8. The van der Waals surface area contributed by atoms with Crippen LogP contribution in [0, 0.1) is 5.92 Å². The first-order chi connectivity index (χ1) is 8.96. The van der Waals surface area contributed by atoms with Crippen molar-refractivity contribution in [2.75, 3.05) is 6.54 Å². The fourth-order valence-electron chi connectivity index (χ4n) is 2.57. The van der Waals surface area contributed by atoms with E-state index >= 15 is 0 Å². The average molecular weight is 289 g/mol. The minimum atomic E-state index is -4.63. The summed E-state index contributed by atoms with van der Waals surface area (Å²) >= 11 is 0. The minimum Gasteiger partial charge on any atom is -0.301 e. The molecule has 0 aromatic heterocycles. The number of hydrogen-bond acceptors (Lipinski definition) is 4. The smallest absolute Gasteiger partial charge is 0.301 e. The van der Waals surface area contributed by atoms with Crippen LogP contribution in [-0.4, -0.2) is 21.4 Å². The van der Waals surface area contributed by atoms with Crippen molar-refractivity contribution in [3.63, 3.8) is 0 Å². The predicted octanol–water partition coefficient (Wildman–Crippen LogP) is 2.67. The van der Waals surface area contributed by atoms with E-state index < -0.39 is 7.82 Å². The Morgan fingerprint density at radius 3 is 2.63 bits per heavy atom. The third kappa shape index (κ3) is 4.44. The van der Waals surface area contributed by atoms with Crippen LogP contribution >= 0.6 is 7.82 Å². The van der Waals surface area contributed by atoms with Gasteiger partial charge in [-0.15, -0.1) is 9.66 Å². The molecule has 0 amide bonds. The molecule has 7 heteroatoms. The molecule has 6 nitrogen and oxygen atoms in total. The van der Waals surface area contributed by atoms with Gasteiger partial charge in [0.2, 0.25) is 0 Å². The summed E-state index contributed by atoms with van der Waals surface area (Å²) < 4.78 is 14.9. The largest absolute Gasteiger partial charge is 0.498 e. The van der Waals surface area contributed by atoms with Crippen LogP contribution in [0.1, 0.15) is 39.0 Å². The standard InChI is InChI=1S/C12H20NO5P/c1-10-7-8-13(17-18-19(14,15)16)12(9-10)11-5-3-2-4-6-11/h7,9,11H,2-6,8H2,1H3,(H2,14,15,16). The van der Waals surface area contributed by atoms with Crippen molar-refractivity contribution in [2.24, 2.45) is 5.92 Å². The molecule has 1 aliphatic carbocycles. The summed E-state index contributed by atoms with van der Waals surface area (Å²) in [5, 5.41) is 1.43. The normalized spacial score (nSPS) is 22.2. The van der Waals surface area contributed by atoms with E-state index in [9.17, 15) is 4.57 Å². The molecule has 1 aliphatic heterocycles. The lowest BCUT2D eigenvalue weighted by Crippen LogP contribution is -2.31. The van der Waals surface area contributed by atoms with Crippen molar-refractivity contribution >= 4 is 7.82 Å². The number of phosphoric acid groups is 1. The predicted molar refractivity (Wildman–Crippen MR) is 69.3 cm³/mol.